The molecule has 1 atom stereocenters. The molecular weight excluding hydrogens is 262 g/mol. The number of imide groups is 1. The third-order valence-corrected chi connectivity index (χ3v) is 3.74. The first-order valence-corrected chi connectivity index (χ1v) is 6.65. The first kappa shape index (κ1) is 12.1. The maximum absolute atomic E-state index is 11.8. The number of carbonyl (C=O) groups is 3. The van der Waals surface area contributed by atoms with Gasteiger partial charge in [0.15, 0.2) is 5.13 Å². The second-order valence-corrected chi connectivity index (χ2v) is 5.14. The predicted octanol–water partition coefficient (Wildman–Crippen LogP) is 1.17. The number of anilines is 1. The molecule has 1 fully saturated rings. The number of amides is 3. The average molecular weight is 271 g/mol. The number of hydrogen-bond donors (Lipinski definition) is 1. The molecule has 90 valence electrons. The third-order valence-electron chi connectivity index (χ3n) is 2.21. The fourth-order valence-corrected chi connectivity index (χ4v) is 2.67. The van der Waals surface area contributed by atoms with Gasteiger partial charge in [0, 0.05) is 11.6 Å². The summed E-state index contributed by atoms with van der Waals surface area (Å²) in [6, 6.07) is -0.811. The summed E-state index contributed by atoms with van der Waals surface area (Å²) in [4.78, 5) is 39.5. The van der Waals surface area contributed by atoms with Gasteiger partial charge in [-0.05, 0) is 6.92 Å². The maximum atomic E-state index is 11.8. The molecule has 6 nitrogen and oxygen atoms in total. The summed E-state index contributed by atoms with van der Waals surface area (Å²) in [6.45, 7) is 1.52. The molecule has 1 saturated heterocycles. The Balaban J connectivity index is 2.04. The molecule has 2 rings (SSSR count). The first-order valence-electron chi connectivity index (χ1n) is 4.79. The Morgan fingerprint density at radius 3 is 2.88 bits per heavy atom. The quantitative estimate of drug-likeness (QED) is 0.892. The van der Waals surface area contributed by atoms with Crippen LogP contribution in [0.3, 0.4) is 0 Å². The first-order chi connectivity index (χ1) is 8.09. The van der Waals surface area contributed by atoms with Crippen molar-refractivity contribution in [1.29, 1.82) is 0 Å². The molecule has 1 aromatic rings. The van der Waals surface area contributed by atoms with Crippen LogP contribution in [-0.2, 0) is 9.59 Å². The van der Waals surface area contributed by atoms with E-state index in [0.29, 0.717) is 5.13 Å². The number of carbonyl (C=O) groups excluding carboxylic acids is 3. The number of hydrogen-bond acceptors (Lipinski definition) is 6. The highest BCUT2D eigenvalue weighted by Crippen LogP contribution is 2.22. The molecule has 17 heavy (non-hydrogen) atoms. The lowest BCUT2D eigenvalue weighted by atomic mass is 10.3. The molecule has 3 amide bonds. The van der Waals surface area contributed by atoms with Crippen molar-refractivity contribution >= 4 is 45.3 Å². The monoisotopic (exact) mass is 271 g/mol. The third kappa shape index (κ3) is 2.47. The smallest absolute Gasteiger partial charge is 0.289 e. The lowest BCUT2D eigenvalue weighted by Gasteiger charge is -2.19. The Morgan fingerprint density at radius 1 is 1.59 bits per heavy atom. The van der Waals surface area contributed by atoms with Gasteiger partial charge in [-0.3, -0.25) is 19.3 Å². The molecule has 1 N–H and O–H groups in total. The normalized spacial score (nSPS) is 17.4. The van der Waals surface area contributed by atoms with Crippen molar-refractivity contribution in [2.24, 2.45) is 0 Å². The van der Waals surface area contributed by atoms with Gasteiger partial charge in [0.25, 0.3) is 5.24 Å². The van der Waals surface area contributed by atoms with Gasteiger partial charge in [-0.1, -0.05) is 11.8 Å². The van der Waals surface area contributed by atoms with Gasteiger partial charge in [-0.25, -0.2) is 4.98 Å². The summed E-state index contributed by atoms with van der Waals surface area (Å²) in [7, 11) is 0. The highest BCUT2D eigenvalue weighted by molar-refractivity contribution is 8.14. The topological polar surface area (TPSA) is 79.4 Å². The van der Waals surface area contributed by atoms with Crippen molar-refractivity contribution in [2.45, 2.75) is 13.0 Å². The number of thiazole rings is 1. The van der Waals surface area contributed by atoms with E-state index >= 15 is 0 Å². The van der Waals surface area contributed by atoms with Crippen molar-refractivity contribution < 1.29 is 14.4 Å². The predicted molar refractivity (Wildman–Crippen MR) is 64.9 cm³/mol. The molecule has 0 saturated carbocycles. The molecule has 0 spiro atoms. The van der Waals surface area contributed by atoms with Crippen LogP contribution in [0.25, 0.3) is 0 Å². The Morgan fingerprint density at radius 2 is 2.35 bits per heavy atom. The maximum Gasteiger partial charge on any atom is 0.289 e. The number of nitrogens with one attached hydrogen (secondary N) is 1. The van der Waals surface area contributed by atoms with Crippen LogP contribution in [0.1, 0.15) is 6.92 Å². The van der Waals surface area contributed by atoms with Gasteiger partial charge in [0.2, 0.25) is 11.8 Å². The van der Waals surface area contributed by atoms with Crippen LogP contribution in [0.15, 0.2) is 11.6 Å². The van der Waals surface area contributed by atoms with Gasteiger partial charge in [0.1, 0.15) is 6.04 Å². The number of thioether (sulfide) groups is 1. The van der Waals surface area contributed by atoms with E-state index in [0.717, 1.165) is 16.7 Å². The lowest BCUT2D eigenvalue weighted by molar-refractivity contribution is -0.131. The van der Waals surface area contributed by atoms with Gasteiger partial charge in [0.05, 0.1) is 5.75 Å². The Labute approximate surface area is 105 Å². The van der Waals surface area contributed by atoms with E-state index in [4.69, 9.17) is 0 Å². The minimum Gasteiger partial charge on any atom is -0.300 e. The second kappa shape index (κ2) is 4.84. The van der Waals surface area contributed by atoms with Gasteiger partial charge < -0.3 is 5.32 Å². The molecule has 2 heterocycles. The van der Waals surface area contributed by atoms with Crippen molar-refractivity contribution in [2.75, 3.05) is 11.1 Å². The van der Waals surface area contributed by atoms with E-state index in [1.807, 2.05) is 0 Å². The van der Waals surface area contributed by atoms with Crippen LogP contribution in [0, 0.1) is 0 Å². The van der Waals surface area contributed by atoms with Crippen LogP contribution in [-0.4, -0.2) is 38.7 Å². The minimum atomic E-state index is -0.811. The zero-order valence-electron chi connectivity index (χ0n) is 8.87. The van der Waals surface area contributed by atoms with E-state index in [9.17, 15) is 14.4 Å². The molecule has 0 unspecified atom stereocenters. The lowest BCUT2D eigenvalue weighted by Crippen LogP contribution is -2.44. The highest BCUT2D eigenvalue weighted by atomic mass is 32.2. The molecule has 8 heteroatoms. The largest absolute Gasteiger partial charge is 0.300 e. The Bertz CT molecular complexity index is 444. The van der Waals surface area contributed by atoms with E-state index in [1.54, 1.807) is 11.6 Å². The molecule has 0 aromatic carbocycles. The molecule has 1 aliphatic heterocycles. The van der Waals surface area contributed by atoms with Gasteiger partial charge in [-0.15, -0.1) is 11.3 Å². The Kier molecular flexibility index (Phi) is 3.43. The second-order valence-electron chi connectivity index (χ2n) is 3.32. The minimum absolute atomic E-state index is 0.105. The van der Waals surface area contributed by atoms with Crippen LogP contribution in [0.4, 0.5) is 9.93 Å². The number of nitrogens with zero attached hydrogens (tertiary/aromatic N) is 2. The highest BCUT2D eigenvalue weighted by Gasteiger charge is 2.37. The fraction of sp³-hybridized carbons (Fsp3) is 0.333. The average Bonchev–Trinajstić information content (AvgIpc) is 2.89. The summed E-state index contributed by atoms with van der Waals surface area (Å²) in [5.74, 6) is -0.640. The van der Waals surface area contributed by atoms with E-state index in [1.165, 1.54) is 18.3 Å². The van der Waals surface area contributed by atoms with Crippen molar-refractivity contribution in [3.05, 3.63) is 11.6 Å². The summed E-state index contributed by atoms with van der Waals surface area (Å²) in [5, 5.41) is 4.35. The molecular formula is C9H9N3O3S2. The summed E-state index contributed by atoms with van der Waals surface area (Å²) in [6.07, 6.45) is 1.56. The van der Waals surface area contributed by atoms with Gasteiger partial charge in [-0.2, -0.15) is 0 Å². The molecule has 0 aliphatic carbocycles. The summed E-state index contributed by atoms with van der Waals surface area (Å²) in [5.41, 5.74) is 0. The van der Waals surface area contributed by atoms with Crippen molar-refractivity contribution in [1.82, 2.24) is 9.88 Å². The van der Waals surface area contributed by atoms with Crippen molar-refractivity contribution in [3.63, 3.8) is 0 Å². The SMILES string of the molecule is C[C@H](C(=O)Nc1nccs1)N1C(=O)CSC1=O. The molecule has 0 bridgehead atoms. The van der Waals surface area contributed by atoms with Crippen LogP contribution in [0.5, 0.6) is 0 Å². The molecule has 1 aromatic heterocycles. The standard InChI is InChI=1S/C9H9N3O3S2/c1-5(12-6(13)4-17-9(12)15)7(14)11-8-10-2-3-16-8/h2-3,5H,4H2,1H3,(H,10,11,14)/t5-/m1/s1. The Hall–Kier alpha value is -1.41. The van der Waals surface area contributed by atoms with Crippen LogP contribution >= 0.6 is 23.1 Å². The summed E-state index contributed by atoms with van der Waals surface area (Å²) >= 11 is 2.19. The zero-order chi connectivity index (χ0) is 12.4. The number of rotatable bonds is 3. The zero-order valence-corrected chi connectivity index (χ0v) is 10.5. The van der Waals surface area contributed by atoms with Gasteiger partial charge >= 0.3 is 0 Å². The molecule has 1 aliphatic rings. The molecule has 0 radical (unpaired) electrons. The van der Waals surface area contributed by atoms with E-state index in [-0.39, 0.29) is 16.9 Å². The van der Waals surface area contributed by atoms with E-state index < -0.39 is 11.9 Å². The van der Waals surface area contributed by atoms with Crippen molar-refractivity contribution in [3.8, 4) is 0 Å². The van der Waals surface area contributed by atoms with Crippen LogP contribution < -0.4 is 5.32 Å². The number of aromatic nitrogens is 1. The van der Waals surface area contributed by atoms with Crippen LogP contribution in [0.2, 0.25) is 0 Å². The van der Waals surface area contributed by atoms with E-state index in [2.05, 4.69) is 10.3 Å². The summed E-state index contributed by atoms with van der Waals surface area (Å²) < 4.78 is 0. The fourth-order valence-electron chi connectivity index (χ4n) is 1.35.